The van der Waals surface area contributed by atoms with E-state index in [4.69, 9.17) is 43.9 Å². The number of carbonyl (C=O) groups excluding carboxylic acids is 3. The second-order valence-electron chi connectivity index (χ2n) is 19.0. The molecule has 0 bridgehead atoms. The molecule has 0 saturated heterocycles. The van der Waals surface area contributed by atoms with Crippen LogP contribution in [0, 0.1) is 0 Å². The number of aliphatic imine (C=N–C) groups is 1. The van der Waals surface area contributed by atoms with Gasteiger partial charge < -0.3 is 54.0 Å². The Kier molecular flexibility index (Phi) is 18.9. The second-order valence-corrected chi connectivity index (χ2v) is 22.1. The molecule has 398 valence electrons. The Morgan fingerprint density at radius 2 is 1.48 bits per heavy atom. The molecule has 3 aliphatic heterocycles. The summed E-state index contributed by atoms with van der Waals surface area (Å²) in [7, 11) is 10.1. The molecular formula is C57H68N6O10S2. The van der Waals surface area contributed by atoms with Crippen LogP contribution in [0.5, 0.6) is 23.0 Å². The minimum Gasteiger partial charge on any atom is -0.493 e. The van der Waals surface area contributed by atoms with Gasteiger partial charge in [-0.1, -0.05) is 58.0 Å². The molecule has 18 heteroatoms. The normalized spacial score (nSPS) is 14.4. The van der Waals surface area contributed by atoms with Gasteiger partial charge in [0.25, 0.3) is 11.8 Å². The van der Waals surface area contributed by atoms with Crippen LogP contribution in [0.2, 0.25) is 0 Å². The van der Waals surface area contributed by atoms with E-state index >= 15 is 0 Å². The van der Waals surface area contributed by atoms with E-state index < -0.39 is 0 Å². The van der Waals surface area contributed by atoms with Crippen molar-refractivity contribution in [3.8, 4) is 23.0 Å². The van der Waals surface area contributed by atoms with Gasteiger partial charge in [-0.05, 0) is 91.4 Å². The highest BCUT2D eigenvalue weighted by molar-refractivity contribution is 8.77. The first-order chi connectivity index (χ1) is 36.4. The number of rotatable bonds is 28. The Morgan fingerprint density at radius 3 is 2.19 bits per heavy atom. The smallest absolute Gasteiger partial charge is 0.261 e. The highest BCUT2D eigenvalue weighted by atomic mass is 33.1. The van der Waals surface area contributed by atoms with Gasteiger partial charge in [-0.2, -0.15) is 0 Å². The van der Waals surface area contributed by atoms with E-state index in [1.807, 2.05) is 70.6 Å². The van der Waals surface area contributed by atoms with E-state index in [9.17, 15) is 14.4 Å². The van der Waals surface area contributed by atoms with E-state index in [1.165, 1.54) is 0 Å². The lowest BCUT2D eigenvalue weighted by Gasteiger charge is -2.34. The Hall–Kier alpha value is -6.44. The highest BCUT2D eigenvalue weighted by Crippen LogP contribution is 2.43. The van der Waals surface area contributed by atoms with Gasteiger partial charge in [-0.15, -0.1) is 0 Å². The number of hydrogen-bond acceptors (Lipinski definition) is 15. The van der Waals surface area contributed by atoms with Crippen LogP contribution in [0.3, 0.4) is 0 Å². The summed E-state index contributed by atoms with van der Waals surface area (Å²) in [4.78, 5) is 50.6. The third-order valence-electron chi connectivity index (χ3n) is 13.1. The Bertz CT molecular complexity index is 2850. The first-order valence-electron chi connectivity index (χ1n) is 25.2. The number of methoxy groups -OCH3 is 3. The van der Waals surface area contributed by atoms with Crippen LogP contribution in [0.15, 0.2) is 96.0 Å². The van der Waals surface area contributed by atoms with Gasteiger partial charge in [0.1, 0.15) is 13.2 Å². The van der Waals surface area contributed by atoms with Crippen molar-refractivity contribution in [2.75, 3.05) is 107 Å². The Morgan fingerprint density at radius 1 is 0.813 bits per heavy atom. The average molecular weight is 1060 g/mol. The van der Waals surface area contributed by atoms with Crippen molar-refractivity contribution in [1.82, 2.24) is 0 Å². The molecule has 0 spiro atoms. The zero-order valence-corrected chi connectivity index (χ0v) is 45.3. The lowest BCUT2D eigenvalue weighted by Crippen LogP contribution is -2.38. The van der Waals surface area contributed by atoms with E-state index in [2.05, 4.69) is 42.3 Å². The van der Waals surface area contributed by atoms with Crippen LogP contribution in [0.4, 0.5) is 28.4 Å². The fraction of sp³-hybridized carbons (Fsp3) is 0.404. The number of para-hydroxylation sites is 2. The number of nitrogens with zero attached hydrogens (tertiary/aromatic N) is 4. The summed E-state index contributed by atoms with van der Waals surface area (Å²) in [5.74, 6) is 1.93. The summed E-state index contributed by atoms with van der Waals surface area (Å²) in [5.41, 5.74) is 14.1. The molecule has 3 heterocycles. The molecule has 0 fully saturated rings. The monoisotopic (exact) mass is 1060 g/mol. The van der Waals surface area contributed by atoms with Crippen LogP contribution < -0.4 is 44.7 Å². The number of carbonyl (C=O) groups is 3. The van der Waals surface area contributed by atoms with Crippen LogP contribution in [0.1, 0.15) is 69.7 Å². The topological polar surface area (TPSA) is 176 Å². The standard InChI is InChI=1S/C57H68N6O10S2/c1-57(2,75-74-25-11-16-54(58)64)37-61(19-20-70-23-24-71-22-21-67-4)42-27-38(35-72-52-32-46(59-3)44(30-50(52)68-5)55(65)62-18-17-40-12-7-9-14-48(40)62)26-39(28-42)36-73-53-33-47-45(31-51(53)69-6)56(66)63-43(34-60-47)29-41-13-8-10-15-49(41)63/h7-10,12-15,26-28,30-34,43,59H,11,16-25,29,35-37H2,1-6H3,(H2,58,64)/t43-/m0/s1. The molecule has 0 unspecified atom stereocenters. The predicted molar refractivity (Wildman–Crippen MR) is 300 cm³/mol. The van der Waals surface area contributed by atoms with Crippen molar-refractivity contribution >= 4 is 74.0 Å². The molecule has 0 saturated carbocycles. The SMILES string of the molecule is CNc1cc(OCc2cc(COc3cc4c(cc3OC)C(=O)N3c5ccccc5C[C@H]3C=N4)cc(N(CCOCCOCCOC)CC(C)(C)SSCCCC(N)=O)c2)c(OC)cc1C(=O)N1CCc2ccccc21. The van der Waals surface area contributed by atoms with Crippen molar-refractivity contribution in [2.45, 2.75) is 63.5 Å². The summed E-state index contributed by atoms with van der Waals surface area (Å²) in [6, 6.07) is 29.0. The van der Waals surface area contributed by atoms with Gasteiger partial charge in [0.15, 0.2) is 23.0 Å². The van der Waals surface area contributed by atoms with Gasteiger partial charge in [0, 0.05) is 92.5 Å². The summed E-state index contributed by atoms with van der Waals surface area (Å²) in [6.07, 6.45) is 4.37. The number of primary amides is 1. The van der Waals surface area contributed by atoms with Crippen molar-refractivity contribution in [2.24, 2.45) is 10.7 Å². The third-order valence-corrected chi connectivity index (χ3v) is 16.4. The van der Waals surface area contributed by atoms with Crippen molar-refractivity contribution in [3.05, 3.63) is 124 Å². The maximum atomic E-state index is 14.2. The molecule has 0 aliphatic carbocycles. The maximum Gasteiger partial charge on any atom is 0.261 e. The summed E-state index contributed by atoms with van der Waals surface area (Å²) < 4.78 is 41.7. The number of nitrogens with two attached hydrogens (primary N) is 1. The minimum atomic E-state index is -0.299. The van der Waals surface area contributed by atoms with Gasteiger partial charge in [0.2, 0.25) is 5.91 Å². The fourth-order valence-electron chi connectivity index (χ4n) is 9.44. The maximum absolute atomic E-state index is 14.2. The molecule has 5 aromatic rings. The summed E-state index contributed by atoms with van der Waals surface area (Å²) >= 11 is 0. The molecule has 75 heavy (non-hydrogen) atoms. The highest BCUT2D eigenvalue weighted by Gasteiger charge is 2.37. The molecule has 8 rings (SSSR count). The number of amides is 3. The fourth-order valence-corrected chi connectivity index (χ4v) is 12.0. The molecule has 5 aromatic carbocycles. The Labute approximate surface area is 447 Å². The van der Waals surface area contributed by atoms with Crippen molar-refractivity contribution < 1.29 is 47.5 Å². The van der Waals surface area contributed by atoms with E-state index in [-0.39, 0.29) is 41.7 Å². The number of benzene rings is 5. The Balaban J connectivity index is 1.08. The van der Waals surface area contributed by atoms with Gasteiger partial charge in [-0.25, -0.2) is 0 Å². The number of ether oxygens (including phenoxy) is 7. The van der Waals surface area contributed by atoms with Crippen LogP contribution in [0.25, 0.3) is 0 Å². The lowest BCUT2D eigenvalue weighted by molar-refractivity contribution is -0.118. The molecule has 16 nitrogen and oxygen atoms in total. The van der Waals surface area contributed by atoms with Crippen LogP contribution >= 0.6 is 21.6 Å². The van der Waals surface area contributed by atoms with Crippen molar-refractivity contribution in [3.63, 3.8) is 0 Å². The number of nitrogens with one attached hydrogen (secondary N) is 1. The lowest BCUT2D eigenvalue weighted by atomic mass is 10.1. The number of hydrogen-bond donors (Lipinski definition) is 2. The second kappa shape index (κ2) is 25.9. The number of fused-ring (bicyclic) bond motifs is 5. The van der Waals surface area contributed by atoms with Crippen LogP contribution in [-0.4, -0.2) is 122 Å². The van der Waals surface area contributed by atoms with Gasteiger partial charge in [-0.3, -0.25) is 24.3 Å². The molecule has 0 radical (unpaired) electrons. The first-order valence-corrected chi connectivity index (χ1v) is 27.6. The van der Waals surface area contributed by atoms with Crippen molar-refractivity contribution in [1.29, 1.82) is 0 Å². The van der Waals surface area contributed by atoms with E-state index in [1.54, 1.807) is 68.2 Å². The minimum absolute atomic E-state index is 0.130. The predicted octanol–water partition coefficient (Wildman–Crippen LogP) is 9.31. The largest absolute Gasteiger partial charge is 0.493 e. The molecule has 3 N–H and O–H groups in total. The first kappa shape index (κ1) is 54.8. The quantitative estimate of drug-likeness (QED) is 0.0358. The molecule has 0 aromatic heterocycles. The molecule has 1 atom stereocenters. The van der Waals surface area contributed by atoms with E-state index in [0.717, 1.165) is 51.5 Å². The third kappa shape index (κ3) is 13.7. The van der Waals surface area contributed by atoms with Gasteiger partial charge in [0.05, 0.1) is 75.8 Å². The zero-order chi connectivity index (χ0) is 52.9. The van der Waals surface area contributed by atoms with E-state index in [0.29, 0.717) is 117 Å². The summed E-state index contributed by atoms with van der Waals surface area (Å²) in [6.45, 7) is 8.77. The molecule has 3 amide bonds. The van der Waals surface area contributed by atoms with Crippen LogP contribution in [-0.2, 0) is 45.1 Å². The molecular weight excluding hydrogens is 993 g/mol. The number of anilines is 4. The zero-order valence-electron chi connectivity index (χ0n) is 43.7. The average Bonchev–Trinajstić information content (AvgIpc) is 3.99. The van der Waals surface area contributed by atoms with Gasteiger partial charge >= 0.3 is 0 Å². The summed E-state index contributed by atoms with van der Waals surface area (Å²) in [5, 5.41) is 3.22. The molecule has 3 aliphatic rings.